The molecule has 0 unspecified atom stereocenters. The summed E-state index contributed by atoms with van der Waals surface area (Å²) >= 11 is 0. The number of aromatic nitrogens is 3. The minimum atomic E-state index is -0.860. The smallest absolute Gasteiger partial charge is 0.275 e. The fourth-order valence-corrected chi connectivity index (χ4v) is 4.28. The van der Waals surface area contributed by atoms with Crippen LogP contribution in [0.1, 0.15) is 37.6 Å². The number of aliphatic hydroxyl groups is 1. The van der Waals surface area contributed by atoms with E-state index in [4.69, 9.17) is 9.36 Å². The third-order valence-corrected chi connectivity index (χ3v) is 5.99. The molecule has 3 aromatic rings. The van der Waals surface area contributed by atoms with E-state index in [1.165, 1.54) is 4.90 Å². The first-order chi connectivity index (χ1) is 16.2. The first-order valence-electron chi connectivity index (χ1n) is 11.2. The molecule has 1 fully saturated rings. The summed E-state index contributed by atoms with van der Waals surface area (Å²) in [5.41, 5.74) is 5.01. The van der Waals surface area contributed by atoms with E-state index in [0.717, 1.165) is 11.3 Å². The Hall–Kier alpha value is -3.66. The highest BCUT2D eigenvalue weighted by Crippen LogP contribution is 2.31. The fourth-order valence-electron chi connectivity index (χ4n) is 4.28. The maximum atomic E-state index is 13.4. The molecule has 180 valence electrons. The summed E-state index contributed by atoms with van der Waals surface area (Å²) in [5, 5.41) is 18.3. The topological polar surface area (TPSA) is 123 Å². The lowest BCUT2D eigenvalue weighted by molar-refractivity contribution is -0.143. The minimum Gasteiger partial charge on any atom is -0.391 e. The van der Waals surface area contributed by atoms with E-state index in [2.05, 4.69) is 15.7 Å². The van der Waals surface area contributed by atoms with Gasteiger partial charge in [-0.2, -0.15) is 10.6 Å². The van der Waals surface area contributed by atoms with Crippen molar-refractivity contribution < 1.29 is 24.1 Å². The Labute approximate surface area is 197 Å². The molecule has 0 aliphatic carbocycles. The molecule has 2 N–H and O–H groups in total. The number of β-amino-alcohol motifs (C(OH)–C–C–N with tert-alkyl or cyclic N) is 1. The summed E-state index contributed by atoms with van der Waals surface area (Å²) in [6, 6.07) is 9.95. The second kappa shape index (κ2) is 9.68. The maximum Gasteiger partial charge on any atom is 0.275 e. The first kappa shape index (κ1) is 23.5. The van der Waals surface area contributed by atoms with Gasteiger partial charge >= 0.3 is 0 Å². The van der Waals surface area contributed by atoms with Crippen LogP contribution in [0.2, 0.25) is 0 Å². The zero-order chi connectivity index (χ0) is 24.4. The molecule has 3 atom stereocenters. The van der Waals surface area contributed by atoms with Crippen LogP contribution in [-0.2, 0) is 16.6 Å². The number of hydroxylamine groups is 1. The fraction of sp³-hybridized carbons (Fsp3) is 0.417. The Bertz CT molecular complexity index is 1150. The lowest BCUT2D eigenvalue weighted by atomic mass is 9.91. The number of rotatable bonds is 7. The molecule has 1 saturated heterocycles. The van der Waals surface area contributed by atoms with E-state index in [9.17, 15) is 14.7 Å². The number of carbonyl (C=O) groups is 2. The van der Waals surface area contributed by atoms with Crippen LogP contribution < -0.4 is 10.3 Å². The minimum absolute atomic E-state index is 0.0622. The second-order valence-corrected chi connectivity index (χ2v) is 8.92. The van der Waals surface area contributed by atoms with Crippen molar-refractivity contribution in [1.29, 1.82) is 0 Å². The number of likely N-dealkylation sites (tertiary alicyclic amines) is 1. The van der Waals surface area contributed by atoms with Crippen LogP contribution in [0.25, 0.3) is 11.3 Å². The molecule has 2 amide bonds. The number of nitrogens with zero attached hydrogens (tertiary/aromatic N) is 4. The van der Waals surface area contributed by atoms with E-state index in [-0.39, 0.29) is 24.8 Å². The van der Waals surface area contributed by atoms with Crippen molar-refractivity contribution in [2.45, 2.75) is 45.3 Å². The molecule has 10 nitrogen and oxygen atoms in total. The van der Waals surface area contributed by atoms with Gasteiger partial charge in [-0.15, -0.1) is 0 Å². The number of hydrogen-bond acceptors (Lipinski definition) is 7. The number of benzene rings is 1. The Kier molecular flexibility index (Phi) is 6.69. The van der Waals surface area contributed by atoms with Crippen LogP contribution in [0.5, 0.6) is 5.75 Å². The van der Waals surface area contributed by atoms with E-state index in [1.54, 1.807) is 36.0 Å². The average Bonchev–Trinajstić information content (AvgIpc) is 3.52. The van der Waals surface area contributed by atoms with Crippen LogP contribution >= 0.6 is 0 Å². The first-order valence-corrected chi connectivity index (χ1v) is 11.2. The van der Waals surface area contributed by atoms with Gasteiger partial charge in [0.25, 0.3) is 5.91 Å². The predicted octanol–water partition coefficient (Wildman–Crippen LogP) is 2.20. The zero-order valence-electron chi connectivity index (χ0n) is 19.6. The van der Waals surface area contributed by atoms with Gasteiger partial charge in [-0.3, -0.25) is 14.3 Å². The molecule has 10 heteroatoms. The quantitative estimate of drug-likeness (QED) is 0.511. The molecule has 0 bridgehead atoms. The predicted molar refractivity (Wildman–Crippen MR) is 122 cm³/mol. The van der Waals surface area contributed by atoms with Crippen molar-refractivity contribution in [3.63, 3.8) is 0 Å². The van der Waals surface area contributed by atoms with Gasteiger partial charge in [0, 0.05) is 37.8 Å². The van der Waals surface area contributed by atoms with Crippen LogP contribution in [0.15, 0.2) is 47.1 Å². The molecular weight excluding hydrogens is 438 g/mol. The van der Waals surface area contributed by atoms with E-state index >= 15 is 0 Å². The van der Waals surface area contributed by atoms with Crippen LogP contribution in [0.3, 0.4) is 0 Å². The van der Waals surface area contributed by atoms with Crippen LogP contribution in [-0.4, -0.2) is 55.4 Å². The lowest BCUT2D eigenvalue weighted by Gasteiger charge is -2.28. The van der Waals surface area contributed by atoms with Gasteiger partial charge in [-0.1, -0.05) is 19.0 Å². The summed E-state index contributed by atoms with van der Waals surface area (Å²) in [6.45, 7) is 5.65. The average molecular weight is 468 g/mol. The third-order valence-electron chi connectivity index (χ3n) is 5.99. The van der Waals surface area contributed by atoms with Gasteiger partial charge in [0.15, 0.2) is 5.75 Å². The second-order valence-electron chi connectivity index (χ2n) is 8.92. The molecule has 1 aliphatic rings. The Morgan fingerprint density at radius 2 is 1.97 bits per heavy atom. The van der Waals surface area contributed by atoms with Crippen molar-refractivity contribution in [3.8, 4) is 17.0 Å². The van der Waals surface area contributed by atoms with Gasteiger partial charge in [-0.25, -0.2) is 0 Å². The van der Waals surface area contributed by atoms with Gasteiger partial charge in [0.1, 0.15) is 17.7 Å². The molecule has 1 aliphatic heterocycles. The highest BCUT2D eigenvalue weighted by molar-refractivity contribution is 5.91. The molecule has 2 aromatic heterocycles. The number of aryl methyl sites for hydroxylation is 2. The van der Waals surface area contributed by atoms with Crippen molar-refractivity contribution in [2.24, 2.45) is 13.0 Å². The molecule has 34 heavy (non-hydrogen) atoms. The lowest BCUT2D eigenvalue weighted by Crippen LogP contribution is -2.48. The number of amides is 2. The molecule has 0 spiro atoms. The monoisotopic (exact) mass is 467 g/mol. The largest absolute Gasteiger partial charge is 0.391 e. The van der Waals surface area contributed by atoms with Crippen molar-refractivity contribution in [3.05, 3.63) is 54.0 Å². The summed E-state index contributed by atoms with van der Waals surface area (Å²) in [5.74, 6) is -0.603. The molecule has 3 heterocycles. The maximum absolute atomic E-state index is 13.4. The van der Waals surface area contributed by atoms with Crippen LogP contribution in [0, 0.1) is 12.8 Å². The summed E-state index contributed by atoms with van der Waals surface area (Å²) in [7, 11) is 1.86. The Balaban J connectivity index is 1.43. The van der Waals surface area contributed by atoms with Crippen LogP contribution in [0.4, 0.5) is 0 Å². The van der Waals surface area contributed by atoms with Gasteiger partial charge in [-0.05, 0) is 43.2 Å². The summed E-state index contributed by atoms with van der Waals surface area (Å²) in [6.07, 6.45) is 1.04. The number of nitrogens with one attached hydrogen (secondary N) is 1. The molecule has 0 radical (unpaired) electrons. The van der Waals surface area contributed by atoms with Crippen molar-refractivity contribution in [1.82, 2.24) is 25.3 Å². The summed E-state index contributed by atoms with van der Waals surface area (Å²) < 4.78 is 7.11. The Morgan fingerprint density at radius 1 is 1.24 bits per heavy atom. The normalized spacial score (nSPS) is 18.8. The highest BCUT2D eigenvalue weighted by atomic mass is 16.7. The molecule has 4 rings (SSSR count). The van der Waals surface area contributed by atoms with Crippen molar-refractivity contribution >= 4 is 11.8 Å². The van der Waals surface area contributed by atoms with E-state index in [0.29, 0.717) is 17.2 Å². The number of aliphatic hydroxyl groups excluding tert-OH is 1. The van der Waals surface area contributed by atoms with E-state index < -0.39 is 24.0 Å². The number of hydrogen-bond donors (Lipinski definition) is 2. The van der Waals surface area contributed by atoms with Gasteiger partial charge in [0.05, 0.1) is 17.5 Å². The third kappa shape index (κ3) is 4.81. The Morgan fingerprint density at radius 3 is 2.56 bits per heavy atom. The van der Waals surface area contributed by atoms with Gasteiger partial charge in [0.2, 0.25) is 5.91 Å². The molecule has 0 saturated carbocycles. The molecular formula is C24H29N5O5. The molecule has 1 aromatic carbocycles. The van der Waals surface area contributed by atoms with E-state index in [1.807, 2.05) is 39.1 Å². The zero-order valence-corrected chi connectivity index (χ0v) is 19.6. The highest BCUT2D eigenvalue weighted by Gasteiger charge is 2.43. The SMILES string of the molecule is Cc1cc([C@H](C(=O)N2C[C@H](O)C[C@H]2C(=O)NOc2ccc(-c3ccnn3C)cc2)C(C)C)on1. The summed E-state index contributed by atoms with van der Waals surface area (Å²) in [4.78, 5) is 33.2. The number of carbonyl (C=O) groups excluding carboxylic acids is 2. The standard InChI is InChI=1S/C24H29N5O5/c1-14(2)22(21-11-15(3)26-34-21)24(32)29-13-17(30)12-20(29)23(31)27-33-18-7-5-16(6-8-18)19-9-10-25-28(19)4/h5-11,14,17,20,22,30H,12-13H2,1-4H3,(H,27,31)/t17-,20+,22-/m1/s1. The van der Waals surface area contributed by atoms with Crippen molar-refractivity contribution in [2.75, 3.05) is 6.54 Å². The van der Waals surface area contributed by atoms with Gasteiger partial charge < -0.3 is 19.4 Å².